The molecule has 7 heteroatoms. The molecule has 1 N–H and O–H groups in total. The number of amides is 1. The van der Waals surface area contributed by atoms with Crippen molar-refractivity contribution in [3.05, 3.63) is 89.6 Å². The second-order valence-electron chi connectivity index (χ2n) is 6.46. The molecule has 1 unspecified atom stereocenters. The van der Waals surface area contributed by atoms with Crippen LogP contribution in [0.15, 0.2) is 77.0 Å². The van der Waals surface area contributed by atoms with Crippen LogP contribution in [0.25, 0.3) is 5.76 Å². The van der Waals surface area contributed by atoms with Crippen molar-refractivity contribution in [3.8, 4) is 5.75 Å². The minimum absolute atomic E-state index is 0.0373. The van der Waals surface area contributed by atoms with Gasteiger partial charge in [-0.15, -0.1) is 0 Å². The van der Waals surface area contributed by atoms with Crippen molar-refractivity contribution in [3.63, 3.8) is 0 Å². The molecular formula is C22H18N2O5. The Bertz CT molecular complexity index is 1070. The minimum atomic E-state index is -0.855. The van der Waals surface area contributed by atoms with Crippen molar-refractivity contribution in [2.45, 2.75) is 12.6 Å². The van der Waals surface area contributed by atoms with Crippen molar-refractivity contribution >= 4 is 17.4 Å². The lowest BCUT2D eigenvalue weighted by Gasteiger charge is -2.23. The highest BCUT2D eigenvalue weighted by molar-refractivity contribution is 6.46. The number of para-hydroxylation sites is 1. The molecule has 29 heavy (non-hydrogen) atoms. The third-order valence-corrected chi connectivity index (χ3v) is 4.78. The van der Waals surface area contributed by atoms with Gasteiger partial charge in [0.25, 0.3) is 11.7 Å². The monoisotopic (exact) mass is 390 g/mol. The normalized spacial score (nSPS) is 18.2. The maximum Gasteiger partial charge on any atom is 0.296 e. The predicted octanol–water partition coefficient (Wildman–Crippen LogP) is 3.31. The van der Waals surface area contributed by atoms with E-state index in [9.17, 15) is 14.7 Å². The zero-order valence-corrected chi connectivity index (χ0v) is 15.6. The van der Waals surface area contributed by atoms with E-state index in [0.29, 0.717) is 22.8 Å². The van der Waals surface area contributed by atoms with E-state index in [-0.39, 0.29) is 17.9 Å². The van der Waals surface area contributed by atoms with Crippen molar-refractivity contribution in [1.29, 1.82) is 0 Å². The number of ether oxygens (including phenoxy) is 1. The molecule has 1 aliphatic heterocycles. The summed E-state index contributed by atoms with van der Waals surface area (Å²) >= 11 is 0. The summed E-state index contributed by atoms with van der Waals surface area (Å²) in [6, 6.07) is 14.5. The summed E-state index contributed by atoms with van der Waals surface area (Å²) < 4.78 is 10.7. The number of hydrogen-bond acceptors (Lipinski definition) is 6. The van der Waals surface area contributed by atoms with Crippen molar-refractivity contribution in [2.24, 2.45) is 0 Å². The van der Waals surface area contributed by atoms with Gasteiger partial charge in [0.1, 0.15) is 23.3 Å². The molecule has 0 aliphatic carbocycles. The first-order chi connectivity index (χ1) is 14.1. The molecule has 0 bridgehead atoms. The van der Waals surface area contributed by atoms with Gasteiger partial charge in [-0.25, -0.2) is 0 Å². The van der Waals surface area contributed by atoms with Gasteiger partial charge in [-0.1, -0.05) is 18.2 Å². The molecule has 1 aliphatic rings. The molecule has 7 nitrogen and oxygen atoms in total. The fourth-order valence-corrected chi connectivity index (χ4v) is 3.44. The Kier molecular flexibility index (Phi) is 4.87. The van der Waals surface area contributed by atoms with E-state index in [2.05, 4.69) is 4.98 Å². The van der Waals surface area contributed by atoms with Crippen LogP contribution in [0.5, 0.6) is 5.75 Å². The number of likely N-dealkylation sites (tertiary alicyclic amines) is 1. The van der Waals surface area contributed by atoms with Crippen LogP contribution in [0.2, 0.25) is 0 Å². The van der Waals surface area contributed by atoms with Gasteiger partial charge < -0.3 is 19.2 Å². The Morgan fingerprint density at radius 2 is 1.93 bits per heavy atom. The maximum atomic E-state index is 12.9. The van der Waals surface area contributed by atoms with Crippen LogP contribution in [0.3, 0.4) is 0 Å². The van der Waals surface area contributed by atoms with Crippen LogP contribution >= 0.6 is 0 Å². The Labute approximate surface area is 166 Å². The van der Waals surface area contributed by atoms with Crippen LogP contribution in [0.4, 0.5) is 0 Å². The number of carbonyl (C=O) groups is 2. The molecular weight excluding hydrogens is 372 g/mol. The van der Waals surface area contributed by atoms with Gasteiger partial charge in [0, 0.05) is 6.20 Å². The Morgan fingerprint density at radius 3 is 2.62 bits per heavy atom. The molecule has 0 radical (unpaired) electrons. The fraction of sp³-hybridized carbons (Fsp3) is 0.136. The SMILES string of the molecule is COc1ccccc1/C(O)=C1/C(=O)C(=O)N(Cc2ccco2)C1c1ccccn1. The molecule has 0 spiro atoms. The topological polar surface area (TPSA) is 92.9 Å². The molecule has 1 aromatic carbocycles. The molecule has 0 saturated carbocycles. The zero-order valence-electron chi connectivity index (χ0n) is 15.6. The molecule has 2 aromatic heterocycles. The number of ketones is 1. The number of rotatable bonds is 5. The predicted molar refractivity (Wildman–Crippen MR) is 104 cm³/mol. The standard InChI is InChI=1S/C22H18N2O5/c1-28-17-10-3-2-8-15(17)20(25)18-19(16-9-4-5-11-23-16)24(22(27)21(18)26)13-14-7-6-12-29-14/h2-12,19,25H,13H2,1H3/b20-18-. The first-order valence-corrected chi connectivity index (χ1v) is 8.97. The number of aliphatic hydroxyl groups is 1. The average Bonchev–Trinajstić information content (AvgIpc) is 3.36. The Morgan fingerprint density at radius 1 is 1.14 bits per heavy atom. The van der Waals surface area contributed by atoms with Gasteiger partial charge in [0.15, 0.2) is 0 Å². The number of carbonyl (C=O) groups excluding carboxylic acids is 2. The molecule has 1 atom stereocenters. The first kappa shape index (κ1) is 18.5. The third-order valence-electron chi connectivity index (χ3n) is 4.78. The van der Waals surface area contributed by atoms with Gasteiger partial charge >= 0.3 is 0 Å². The Balaban J connectivity index is 1.89. The number of methoxy groups -OCH3 is 1. The van der Waals surface area contributed by atoms with E-state index in [1.165, 1.54) is 18.3 Å². The van der Waals surface area contributed by atoms with Gasteiger partial charge in [-0.05, 0) is 36.4 Å². The zero-order chi connectivity index (χ0) is 20.4. The number of benzene rings is 1. The molecule has 1 amide bonds. The molecule has 3 aromatic rings. The second kappa shape index (κ2) is 7.63. The first-order valence-electron chi connectivity index (χ1n) is 8.97. The summed E-state index contributed by atoms with van der Waals surface area (Å²) in [6.07, 6.45) is 3.07. The number of pyridine rings is 1. The second-order valence-corrected chi connectivity index (χ2v) is 6.46. The van der Waals surface area contributed by atoms with Crippen LogP contribution in [-0.4, -0.2) is 33.8 Å². The van der Waals surface area contributed by atoms with E-state index >= 15 is 0 Å². The lowest BCUT2D eigenvalue weighted by Crippen LogP contribution is -2.29. The highest BCUT2D eigenvalue weighted by Crippen LogP contribution is 2.40. The summed E-state index contributed by atoms with van der Waals surface area (Å²) in [5.74, 6) is -0.908. The smallest absolute Gasteiger partial charge is 0.296 e. The lowest BCUT2D eigenvalue weighted by atomic mass is 9.98. The van der Waals surface area contributed by atoms with Gasteiger partial charge in [-0.2, -0.15) is 0 Å². The number of aliphatic hydroxyl groups excluding tert-OH is 1. The van der Waals surface area contributed by atoms with Crippen LogP contribution in [0, 0.1) is 0 Å². The van der Waals surface area contributed by atoms with Crippen molar-refractivity contribution in [2.75, 3.05) is 7.11 Å². The van der Waals surface area contributed by atoms with E-state index in [1.807, 2.05) is 0 Å². The number of Topliss-reactive ketones (excluding diaryl/α,β-unsaturated/α-hetero) is 1. The highest BCUT2D eigenvalue weighted by Gasteiger charge is 2.47. The van der Waals surface area contributed by atoms with Gasteiger partial charge in [0.2, 0.25) is 0 Å². The lowest BCUT2D eigenvalue weighted by molar-refractivity contribution is -0.140. The molecule has 4 rings (SSSR count). The molecule has 3 heterocycles. The van der Waals surface area contributed by atoms with Crippen molar-refractivity contribution in [1.82, 2.24) is 9.88 Å². The van der Waals surface area contributed by atoms with Crippen LogP contribution in [0.1, 0.15) is 23.1 Å². The maximum absolute atomic E-state index is 12.9. The summed E-state index contributed by atoms with van der Waals surface area (Å²) in [5, 5.41) is 11.0. The molecule has 1 saturated heterocycles. The van der Waals surface area contributed by atoms with E-state index in [1.54, 1.807) is 60.8 Å². The number of nitrogens with zero attached hydrogens (tertiary/aromatic N) is 2. The number of hydrogen-bond donors (Lipinski definition) is 1. The van der Waals surface area contributed by atoms with E-state index < -0.39 is 17.7 Å². The fourth-order valence-electron chi connectivity index (χ4n) is 3.44. The number of furan rings is 1. The van der Waals surface area contributed by atoms with E-state index in [0.717, 1.165) is 0 Å². The minimum Gasteiger partial charge on any atom is -0.507 e. The summed E-state index contributed by atoms with van der Waals surface area (Å²) in [5.41, 5.74) is 0.756. The highest BCUT2D eigenvalue weighted by atomic mass is 16.5. The van der Waals surface area contributed by atoms with Crippen LogP contribution < -0.4 is 4.74 Å². The van der Waals surface area contributed by atoms with Gasteiger partial charge in [-0.3, -0.25) is 14.6 Å². The molecule has 146 valence electrons. The van der Waals surface area contributed by atoms with Gasteiger partial charge in [0.05, 0.1) is 36.7 Å². The van der Waals surface area contributed by atoms with E-state index in [4.69, 9.17) is 9.15 Å². The average molecular weight is 390 g/mol. The summed E-state index contributed by atoms with van der Waals surface area (Å²) in [7, 11) is 1.47. The van der Waals surface area contributed by atoms with Crippen molar-refractivity contribution < 1.29 is 23.8 Å². The quantitative estimate of drug-likeness (QED) is 0.408. The third kappa shape index (κ3) is 3.27. The Hall–Kier alpha value is -3.87. The summed E-state index contributed by atoms with van der Waals surface area (Å²) in [4.78, 5) is 31.5. The molecule has 1 fully saturated rings. The summed E-state index contributed by atoms with van der Waals surface area (Å²) in [6.45, 7) is 0.0710. The number of aromatic nitrogens is 1. The largest absolute Gasteiger partial charge is 0.507 e. The van der Waals surface area contributed by atoms with Crippen LogP contribution in [-0.2, 0) is 16.1 Å².